The van der Waals surface area contributed by atoms with Gasteiger partial charge in [0.2, 0.25) is 0 Å². The van der Waals surface area contributed by atoms with E-state index in [0.717, 1.165) is 24.2 Å². The van der Waals surface area contributed by atoms with Crippen molar-refractivity contribution >= 4 is 11.6 Å². The van der Waals surface area contributed by atoms with Crippen molar-refractivity contribution in [1.29, 1.82) is 0 Å². The van der Waals surface area contributed by atoms with E-state index in [2.05, 4.69) is 5.43 Å². The number of hydrogen-bond acceptors (Lipinski definition) is 3. The fourth-order valence-electron chi connectivity index (χ4n) is 2.25. The standard InChI is InChI=1S/C16H16ClFN2O/c17-11-4-7-15(18)14(9-11)16(20-19)10-2-1-3-13(8-10)21-12-5-6-12/h1-4,7-9,12,16,20H,5-6,19H2. The zero-order valence-corrected chi connectivity index (χ0v) is 12.1. The van der Waals surface area contributed by atoms with E-state index >= 15 is 0 Å². The van der Waals surface area contributed by atoms with Gasteiger partial charge in [0.05, 0.1) is 12.1 Å². The van der Waals surface area contributed by atoms with Crippen LogP contribution >= 0.6 is 11.6 Å². The summed E-state index contributed by atoms with van der Waals surface area (Å²) in [6, 6.07) is 11.5. The Bertz CT molecular complexity index is 646. The van der Waals surface area contributed by atoms with Crippen LogP contribution in [0.25, 0.3) is 0 Å². The number of ether oxygens (including phenoxy) is 1. The summed E-state index contributed by atoms with van der Waals surface area (Å²) in [5, 5.41) is 0.469. The molecule has 5 heteroatoms. The molecule has 3 N–H and O–H groups in total. The molecule has 3 rings (SSSR count). The molecular weight excluding hydrogens is 291 g/mol. The molecule has 1 unspecified atom stereocenters. The Balaban J connectivity index is 1.93. The van der Waals surface area contributed by atoms with Gasteiger partial charge in [0.25, 0.3) is 0 Å². The third kappa shape index (κ3) is 3.35. The van der Waals surface area contributed by atoms with E-state index in [-0.39, 0.29) is 5.82 Å². The minimum absolute atomic E-state index is 0.312. The molecule has 1 fully saturated rings. The van der Waals surface area contributed by atoms with Gasteiger partial charge in [-0.3, -0.25) is 5.84 Å². The highest BCUT2D eigenvalue weighted by Crippen LogP contribution is 2.31. The molecule has 0 aromatic heterocycles. The Hall–Kier alpha value is -1.62. The second-order valence-electron chi connectivity index (χ2n) is 5.16. The van der Waals surface area contributed by atoms with Gasteiger partial charge in [-0.15, -0.1) is 0 Å². The minimum Gasteiger partial charge on any atom is -0.490 e. The lowest BCUT2D eigenvalue weighted by Gasteiger charge is -2.18. The highest BCUT2D eigenvalue weighted by molar-refractivity contribution is 6.30. The molecule has 2 aromatic rings. The highest BCUT2D eigenvalue weighted by Gasteiger charge is 2.24. The Morgan fingerprint density at radius 2 is 2.05 bits per heavy atom. The van der Waals surface area contributed by atoms with Crippen LogP contribution in [-0.2, 0) is 0 Å². The molecule has 110 valence electrons. The summed E-state index contributed by atoms with van der Waals surface area (Å²) in [4.78, 5) is 0. The second-order valence-corrected chi connectivity index (χ2v) is 5.59. The third-order valence-electron chi connectivity index (χ3n) is 3.45. The Kier molecular flexibility index (Phi) is 4.10. The normalized spacial score (nSPS) is 15.8. The smallest absolute Gasteiger partial charge is 0.128 e. The number of nitrogens with one attached hydrogen (secondary N) is 1. The molecule has 0 saturated heterocycles. The van der Waals surface area contributed by atoms with E-state index in [9.17, 15) is 4.39 Å². The zero-order valence-electron chi connectivity index (χ0n) is 11.4. The van der Waals surface area contributed by atoms with Crippen molar-refractivity contribution in [3.63, 3.8) is 0 Å². The second kappa shape index (κ2) is 6.02. The first-order valence-electron chi connectivity index (χ1n) is 6.85. The maximum absolute atomic E-state index is 14.0. The third-order valence-corrected chi connectivity index (χ3v) is 3.69. The predicted molar refractivity (Wildman–Crippen MR) is 80.7 cm³/mol. The van der Waals surface area contributed by atoms with Crippen molar-refractivity contribution in [2.75, 3.05) is 0 Å². The molecule has 0 radical (unpaired) electrons. The van der Waals surface area contributed by atoms with Crippen molar-refractivity contribution in [3.05, 3.63) is 64.4 Å². The summed E-state index contributed by atoms with van der Waals surface area (Å²) < 4.78 is 19.8. The van der Waals surface area contributed by atoms with E-state index < -0.39 is 6.04 Å². The first kappa shape index (κ1) is 14.3. The molecule has 1 aliphatic rings. The average Bonchev–Trinajstić information content (AvgIpc) is 3.28. The number of hydrogen-bond donors (Lipinski definition) is 2. The topological polar surface area (TPSA) is 47.3 Å². The van der Waals surface area contributed by atoms with Crippen molar-refractivity contribution in [2.45, 2.75) is 25.0 Å². The van der Waals surface area contributed by atoms with Crippen LogP contribution in [0.1, 0.15) is 30.0 Å². The predicted octanol–water partition coefficient (Wildman–Crippen LogP) is 3.57. The molecular formula is C16H16ClFN2O. The van der Waals surface area contributed by atoms with Crippen molar-refractivity contribution in [2.24, 2.45) is 5.84 Å². The number of halogens is 2. The van der Waals surface area contributed by atoms with Crippen LogP contribution in [-0.4, -0.2) is 6.10 Å². The lowest BCUT2D eigenvalue weighted by Crippen LogP contribution is -2.29. The quantitative estimate of drug-likeness (QED) is 0.656. The number of hydrazine groups is 1. The first-order valence-corrected chi connectivity index (χ1v) is 7.23. The molecule has 0 spiro atoms. The Labute approximate surface area is 127 Å². The van der Waals surface area contributed by atoms with E-state index in [1.54, 1.807) is 6.07 Å². The van der Waals surface area contributed by atoms with Gasteiger partial charge < -0.3 is 4.74 Å². The van der Waals surface area contributed by atoms with Gasteiger partial charge in [0.1, 0.15) is 11.6 Å². The molecule has 0 bridgehead atoms. The van der Waals surface area contributed by atoms with E-state index in [4.69, 9.17) is 22.2 Å². The maximum Gasteiger partial charge on any atom is 0.128 e. The van der Waals surface area contributed by atoms with Crippen LogP contribution in [0.3, 0.4) is 0 Å². The Morgan fingerprint density at radius 3 is 2.76 bits per heavy atom. The summed E-state index contributed by atoms with van der Waals surface area (Å²) in [6.45, 7) is 0. The zero-order chi connectivity index (χ0) is 14.8. The van der Waals surface area contributed by atoms with E-state index in [1.807, 2.05) is 24.3 Å². The van der Waals surface area contributed by atoms with E-state index in [1.165, 1.54) is 12.1 Å². The summed E-state index contributed by atoms with van der Waals surface area (Å²) in [5.74, 6) is 6.04. The molecule has 0 aliphatic heterocycles. The van der Waals surface area contributed by atoms with Crippen molar-refractivity contribution < 1.29 is 9.13 Å². The van der Waals surface area contributed by atoms with Gasteiger partial charge in [-0.25, -0.2) is 9.82 Å². The number of nitrogens with two attached hydrogens (primary N) is 1. The van der Waals surface area contributed by atoms with Gasteiger partial charge >= 0.3 is 0 Å². The van der Waals surface area contributed by atoms with Crippen LogP contribution in [0.4, 0.5) is 4.39 Å². The van der Waals surface area contributed by atoms with Gasteiger partial charge in [0.15, 0.2) is 0 Å². The largest absolute Gasteiger partial charge is 0.490 e. The lowest BCUT2D eigenvalue weighted by molar-refractivity contribution is 0.302. The molecule has 1 atom stereocenters. The first-order chi connectivity index (χ1) is 10.2. The molecule has 1 saturated carbocycles. The summed E-state index contributed by atoms with van der Waals surface area (Å²) in [6.07, 6.45) is 2.49. The highest BCUT2D eigenvalue weighted by atomic mass is 35.5. The minimum atomic E-state index is -0.480. The molecule has 21 heavy (non-hydrogen) atoms. The van der Waals surface area contributed by atoms with Gasteiger partial charge in [0, 0.05) is 10.6 Å². The lowest BCUT2D eigenvalue weighted by atomic mass is 9.98. The van der Waals surface area contributed by atoms with Crippen LogP contribution < -0.4 is 16.0 Å². The van der Waals surface area contributed by atoms with E-state index in [0.29, 0.717) is 16.7 Å². The Morgan fingerprint density at radius 1 is 1.24 bits per heavy atom. The molecule has 0 amide bonds. The summed E-state index contributed by atoms with van der Waals surface area (Å²) in [5.41, 5.74) is 3.89. The van der Waals surface area contributed by atoms with Gasteiger partial charge in [-0.05, 0) is 48.7 Å². The number of rotatable bonds is 5. The van der Waals surface area contributed by atoms with Crippen molar-refractivity contribution in [3.8, 4) is 5.75 Å². The SMILES string of the molecule is NNC(c1cccc(OC2CC2)c1)c1cc(Cl)ccc1F. The molecule has 1 aliphatic carbocycles. The summed E-state index contributed by atoms with van der Waals surface area (Å²) in [7, 11) is 0. The van der Waals surface area contributed by atoms with Crippen LogP contribution in [0.15, 0.2) is 42.5 Å². The average molecular weight is 307 g/mol. The monoisotopic (exact) mass is 306 g/mol. The van der Waals surface area contributed by atoms with Crippen LogP contribution in [0.5, 0.6) is 5.75 Å². The fourth-order valence-corrected chi connectivity index (χ4v) is 2.43. The number of benzene rings is 2. The van der Waals surface area contributed by atoms with Crippen molar-refractivity contribution in [1.82, 2.24) is 5.43 Å². The molecule has 0 heterocycles. The van der Waals surface area contributed by atoms with Crippen LogP contribution in [0.2, 0.25) is 5.02 Å². The van der Waals surface area contributed by atoms with Gasteiger partial charge in [-0.2, -0.15) is 0 Å². The van der Waals surface area contributed by atoms with Crippen LogP contribution in [0, 0.1) is 5.82 Å². The fraction of sp³-hybridized carbons (Fsp3) is 0.250. The molecule has 3 nitrogen and oxygen atoms in total. The molecule has 2 aromatic carbocycles. The van der Waals surface area contributed by atoms with Gasteiger partial charge in [-0.1, -0.05) is 23.7 Å². The summed E-state index contributed by atoms with van der Waals surface area (Å²) >= 11 is 5.95. The maximum atomic E-state index is 14.0.